The number of rotatable bonds is 3. The van der Waals surface area contributed by atoms with E-state index in [0.717, 1.165) is 54.5 Å². The molecule has 0 unspecified atom stereocenters. The van der Waals surface area contributed by atoms with Crippen molar-refractivity contribution in [3.05, 3.63) is 27.9 Å². The minimum absolute atomic E-state index is 0.190. The lowest BCUT2D eigenvalue weighted by Crippen LogP contribution is -2.15. The van der Waals surface area contributed by atoms with E-state index in [1.807, 2.05) is 6.08 Å². The number of aromatic nitrogens is 2. The number of carbonyl (C=O) groups is 2. The number of halogens is 3. The van der Waals surface area contributed by atoms with Gasteiger partial charge < -0.3 is 20.1 Å². The van der Waals surface area contributed by atoms with Gasteiger partial charge in [0.25, 0.3) is 17.6 Å². The fraction of sp³-hybridized carbons (Fsp3) is 0.444. The predicted octanol–water partition coefficient (Wildman–Crippen LogP) is 4.97. The third kappa shape index (κ3) is 4.99. The van der Waals surface area contributed by atoms with Crippen LogP contribution in [0.2, 0.25) is 0 Å². The molecule has 2 heterocycles. The summed E-state index contributed by atoms with van der Waals surface area (Å²) in [5, 5.41) is 20.3. The fourth-order valence-electron chi connectivity index (χ4n) is 3.39. The summed E-state index contributed by atoms with van der Waals surface area (Å²) in [6.45, 7) is 0. The number of fused-ring (bicyclic) bond motifs is 1. The highest BCUT2D eigenvalue weighted by molar-refractivity contribution is 7.17. The predicted molar refractivity (Wildman–Crippen MR) is 100 cm³/mol. The highest BCUT2D eigenvalue weighted by Crippen LogP contribution is 2.45. The van der Waals surface area contributed by atoms with Crippen molar-refractivity contribution in [2.75, 3.05) is 5.32 Å². The molecule has 162 valence electrons. The molecule has 0 spiro atoms. The number of carboxylic acid groups (broad SMARTS) is 2. The summed E-state index contributed by atoms with van der Waals surface area (Å²) in [5.74, 6) is -1.70. The molecule has 0 saturated heterocycles. The van der Waals surface area contributed by atoms with Gasteiger partial charge >= 0.3 is 12.3 Å². The van der Waals surface area contributed by atoms with Crippen molar-refractivity contribution in [2.45, 2.75) is 51.1 Å². The standard InChI is InChI=1S/C17H16F3N3O2S.CH2O3/c18-17(19,20)16-22-14(25-23-16)12-10-7-4-8-11(10)26-15(12)21-13(24)9-5-2-1-3-6-9;2-1(3)4/h5H,1-4,6-8H2,(H,21,24);(H2,2,3,4). The van der Waals surface area contributed by atoms with Crippen LogP contribution in [-0.2, 0) is 23.8 Å². The monoisotopic (exact) mass is 445 g/mol. The van der Waals surface area contributed by atoms with Crippen LogP contribution in [0.15, 0.2) is 16.2 Å². The maximum Gasteiger partial charge on any atom is 0.503 e. The van der Waals surface area contributed by atoms with Crippen LogP contribution in [0.1, 0.15) is 48.4 Å². The Balaban J connectivity index is 0.000000589. The molecule has 0 fully saturated rings. The molecule has 3 N–H and O–H groups in total. The molecule has 0 radical (unpaired) electrons. The Bertz CT molecular complexity index is 976. The van der Waals surface area contributed by atoms with E-state index in [9.17, 15) is 18.0 Å². The molecule has 2 aromatic rings. The van der Waals surface area contributed by atoms with E-state index in [1.165, 1.54) is 11.3 Å². The van der Waals surface area contributed by atoms with Gasteiger partial charge in [0.15, 0.2) is 0 Å². The summed E-state index contributed by atoms with van der Waals surface area (Å²) in [4.78, 5) is 25.7. The first-order chi connectivity index (χ1) is 14.2. The first kappa shape index (κ1) is 21.8. The van der Waals surface area contributed by atoms with Crippen LogP contribution in [0, 0.1) is 0 Å². The first-order valence-corrected chi connectivity index (χ1v) is 9.96. The van der Waals surface area contributed by atoms with Gasteiger partial charge in [-0.05, 0) is 50.5 Å². The number of nitrogens with one attached hydrogen (secondary N) is 1. The molecule has 8 nitrogen and oxygen atoms in total. The number of carbonyl (C=O) groups excluding carboxylic acids is 1. The molecule has 12 heteroatoms. The number of amides is 1. The van der Waals surface area contributed by atoms with Gasteiger partial charge in [0.2, 0.25) is 0 Å². The Morgan fingerprint density at radius 2 is 1.87 bits per heavy atom. The number of thiophene rings is 1. The Kier molecular flexibility index (Phi) is 6.44. The SMILES string of the molecule is O=C(Nc1sc2c(c1-c1nc(C(F)(F)F)no1)CCC2)C1=CCCCC1.O=C(O)O. The largest absolute Gasteiger partial charge is 0.503 e. The molecule has 0 aliphatic heterocycles. The van der Waals surface area contributed by atoms with E-state index in [-0.39, 0.29) is 11.8 Å². The maximum atomic E-state index is 12.8. The maximum absolute atomic E-state index is 12.8. The average Bonchev–Trinajstić information content (AvgIpc) is 3.37. The van der Waals surface area contributed by atoms with Gasteiger partial charge in [-0.2, -0.15) is 18.2 Å². The van der Waals surface area contributed by atoms with Crippen LogP contribution in [0.5, 0.6) is 0 Å². The molecule has 0 aromatic carbocycles. The highest BCUT2D eigenvalue weighted by Gasteiger charge is 2.38. The molecule has 0 saturated carbocycles. The second-order valence-electron chi connectivity index (χ2n) is 6.69. The summed E-state index contributed by atoms with van der Waals surface area (Å²) in [5.41, 5.74) is 2.06. The van der Waals surface area contributed by atoms with Crippen molar-refractivity contribution >= 4 is 28.4 Å². The van der Waals surface area contributed by atoms with Gasteiger partial charge in [0, 0.05) is 10.5 Å². The van der Waals surface area contributed by atoms with Crippen molar-refractivity contribution in [1.29, 1.82) is 0 Å². The molecular formula is C18H18F3N3O5S. The topological polar surface area (TPSA) is 126 Å². The third-order valence-corrected chi connectivity index (χ3v) is 5.83. The molecule has 2 aliphatic carbocycles. The van der Waals surface area contributed by atoms with Gasteiger partial charge in [0.05, 0.1) is 5.56 Å². The molecule has 0 bridgehead atoms. The van der Waals surface area contributed by atoms with Crippen LogP contribution in [0.25, 0.3) is 11.5 Å². The lowest BCUT2D eigenvalue weighted by molar-refractivity contribution is -0.146. The Morgan fingerprint density at radius 3 is 2.47 bits per heavy atom. The van der Waals surface area contributed by atoms with Gasteiger partial charge in [0.1, 0.15) is 5.00 Å². The van der Waals surface area contributed by atoms with Crippen LogP contribution in [0.3, 0.4) is 0 Å². The van der Waals surface area contributed by atoms with Gasteiger partial charge in [-0.1, -0.05) is 11.2 Å². The van der Waals surface area contributed by atoms with Crippen LogP contribution < -0.4 is 5.32 Å². The van der Waals surface area contributed by atoms with Gasteiger partial charge in [-0.15, -0.1) is 11.3 Å². The fourth-order valence-corrected chi connectivity index (χ4v) is 4.66. The first-order valence-electron chi connectivity index (χ1n) is 9.15. The summed E-state index contributed by atoms with van der Waals surface area (Å²) in [6, 6.07) is 0. The lowest BCUT2D eigenvalue weighted by atomic mass is 9.99. The second kappa shape index (κ2) is 8.86. The van der Waals surface area contributed by atoms with Gasteiger partial charge in [-0.25, -0.2) is 4.79 Å². The molecule has 2 aromatic heterocycles. The number of allylic oxidation sites excluding steroid dienone is 1. The van der Waals surface area contributed by atoms with Gasteiger partial charge in [-0.3, -0.25) is 4.79 Å². The van der Waals surface area contributed by atoms with Crippen molar-refractivity contribution in [3.63, 3.8) is 0 Å². The second-order valence-corrected chi connectivity index (χ2v) is 7.80. The minimum Gasteiger partial charge on any atom is -0.450 e. The average molecular weight is 445 g/mol. The van der Waals surface area contributed by atoms with Crippen LogP contribution in [-0.4, -0.2) is 32.4 Å². The Labute approximate surface area is 172 Å². The third-order valence-electron chi connectivity index (χ3n) is 4.62. The highest BCUT2D eigenvalue weighted by atomic mass is 32.1. The van der Waals surface area contributed by atoms with Crippen molar-refractivity contribution < 1.29 is 37.5 Å². The van der Waals surface area contributed by atoms with Crippen molar-refractivity contribution in [3.8, 4) is 11.5 Å². The van der Waals surface area contributed by atoms with Crippen molar-refractivity contribution in [2.24, 2.45) is 0 Å². The summed E-state index contributed by atoms with van der Waals surface area (Å²) in [6.07, 6.45) is 1.53. The lowest BCUT2D eigenvalue weighted by Gasteiger charge is -2.12. The molecule has 4 rings (SSSR count). The van der Waals surface area contributed by atoms with Crippen molar-refractivity contribution in [1.82, 2.24) is 10.1 Å². The summed E-state index contributed by atoms with van der Waals surface area (Å²) < 4.78 is 43.3. The van der Waals surface area contributed by atoms with E-state index in [1.54, 1.807) is 0 Å². The van der Waals surface area contributed by atoms with E-state index in [2.05, 4.69) is 15.5 Å². The van der Waals surface area contributed by atoms with Crippen LogP contribution >= 0.6 is 11.3 Å². The molecule has 1 amide bonds. The number of hydrogen-bond donors (Lipinski definition) is 3. The molecule has 30 heavy (non-hydrogen) atoms. The minimum atomic E-state index is -4.67. The van der Waals surface area contributed by atoms with Crippen LogP contribution in [0.4, 0.5) is 23.0 Å². The zero-order chi connectivity index (χ0) is 21.9. The summed E-state index contributed by atoms with van der Waals surface area (Å²) in [7, 11) is 0. The Morgan fingerprint density at radius 1 is 1.13 bits per heavy atom. The summed E-state index contributed by atoms with van der Waals surface area (Å²) >= 11 is 1.38. The van der Waals surface area contributed by atoms with E-state index >= 15 is 0 Å². The zero-order valence-electron chi connectivity index (χ0n) is 15.6. The van der Waals surface area contributed by atoms with E-state index in [0.29, 0.717) is 17.0 Å². The zero-order valence-corrected chi connectivity index (χ0v) is 16.4. The molecular weight excluding hydrogens is 427 g/mol. The molecule has 0 atom stereocenters. The number of aryl methyl sites for hydroxylation is 1. The number of anilines is 1. The normalized spacial score (nSPS) is 15.6. The van der Waals surface area contributed by atoms with E-state index in [4.69, 9.17) is 19.5 Å². The molecule has 2 aliphatic rings. The smallest absolute Gasteiger partial charge is 0.450 e. The van der Waals surface area contributed by atoms with E-state index < -0.39 is 18.2 Å². The number of nitrogens with zero attached hydrogens (tertiary/aromatic N) is 2. The number of alkyl halides is 3. The quantitative estimate of drug-likeness (QED) is 0.609. The Hall–Kier alpha value is -2.89. The number of hydrogen-bond acceptors (Lipinski definition) is 6.